The minimum absolute atomic E-state index is 0.128. The van der Waals surface area contributed by atoms with Gasteiger partial charge in [0, 0.05) is 18.5 Å². The molecule has 0 atom stereocenters. The fourth-order valence-corrected chi connectivity index (χ4v) is 2.66. The largest absolute Gasteiger partial charge is 0.497 e. The lowest BCUT2D eigenvalue weighted by molar-refractivity contribution is 0.0954. The van der Waals surface area contributed by atoms with Crippen LogP contribution in [0.15, 0.2) is 30.6 Å². The Morgan fingerprint density at radius 3 is 3.19 bits per heavy atom. The molecule has 108 valence electrons. The third-order valence-electron chi connectivity index (χ3n) is 2.89. The van der Waals surface area contributed by atoms with Gasteiger partial charge in [-0.3, -0.25) is 4.79 Å². The van der Waals surface area contributed by atoms with Crippen LogP contribution in [-0.2, 0) is 6.42 Å². The summed E-state index contributed by atoms with van der Waals surface area (Å²) >= 11 is 1.46. The van der Waals surface area contributed by atoms with Crippen molar-refractivity contribution in [2.24, 2.45) is 0 Å². The van der Waals surface area contributed by atoms with Crippen LogP contribution in [0.4, 0.5) is 0 Å². The Bertz CT molecular complexity index is 738. The summed E-state index contributed by atoms with van der Waals surface area (Å²) in [6, 6.07) is 7.05. The molecule has 21 heavy (non-hydrogen) atoms. The fraction of sp³-hybridized carbons (Fsp3) is 0.231. The van der Waals surface area contributed by atoms with E-state index in [1.54, 1.807) is 42.2 Å². The van der Waals surface area contributed by atoms with Crippen LogP contribution in [0.1, 0.15) is 15.4 Å². The van der Waals surface area contributed by atoms with E-state index in [2.05, 4.69) is 20.6 Å². The van der Waals surface area contributed by atoms with Gasteiger partial charge in [0.15, 0.2) is 0 Å². The van der Waals surface area contributed by atoms with Gasteiger partial charge in [-0.25, -0.2) is 0 Å². The summed E-state index contributed by atoms with van der Waals surface area (Å²) in [5.74, 6) is 0.535. The first-order chi connectivity index (χ1) is 10.3. The quantitative estimate of drug-likeness (QED) is 0.765. The summed E-state index contributed by atoms with van der Waals surface area (Å²) in [5, 5.41) is 15.7. The predicted molar refractivity (Wildman–Crippen MR) is 77.7 cm³/mol. The zero-order valence-electron chi connectivity index (χ0n) is 11.3. The SMILES string of the molecule is COc1cccc(C(=O)NCCc2nn3cnnc3s2)c1. The van der Waals surface area contributed by atoms with Crippen LogP contribution in [0.5, 0.6) is 5.75 Å². The molecule has 0 bridgehead atoms. The molecule has 0 aliphatic carbocycles. The monoisotopic (exact) mass is 303 g/mol. The first kappa shape index (κ1) is 13.5. The molecule has 1 N–H and O–H groups in total. The normalized spacial score (nSPS) is 10.7. The Labute approximate surface area is 124 Å². The molecule has 0 saturated heterocycles. The number of fused-ring (bicyclic) bond motifs is 1. The van der Waals surface area contributed by atoms with Gasteiger partial charge in [-0.05, 0) is 18.2 Å². The van der Waals surface area contributed by atoms with Gasteiger partial charge in [0.2, 0.25) is 4.96 Å². The number of rotatable bonds is 5. The minimum atomic E-state index is -0.128. The van der Waals surface area contributed by atoms with Crippen LogP contribution in [0, 0.1) is 0 Å². The molecule has 1 amide bonds. The van der Waals surface area contributed by atoms with E-state index < -0.39 is 0 Å². The number of carbonyl (C=O) groups is 1. The first-order valence-corrected chi connectivity index (χ1v) is 7.16. The molecule has 8 heteroatoms. The zero-order valence-corrected chi connectivity index (χ0v) is 12.1. The van der Waals surface area contributed by atoms with Crippen molar-refractivity contribution in [3.8, 4) is 5.75 Å². The van der Waals surface area contributed by atoms with Gasteiger partial charge in [-0.1, -0.05) is 17.4 Å². The molecule has 2 heterocycles. The summed E-state index contributed by atoms with van der Waals surface area (Å²) in [5.41, 5.74) is 0.576. The second kappa shape index (κ2) is 5.88. The number of aromatic nitrogens is 4. The molecule has 0 aliphatic heterocycles. The maximum atomic E-state index is 12.0. The van der Waals surface area contributed by atoms with Gasteiger partial charge in [-0.2, -0.15) is 9.61 Å². The standard InChI is InChI=1S/C13H13N5O2S/c1-20-10-4-2-3-9(7-10)12(19)14-6-5-11-17-18-8-15-16-13(18)21-11/h2-4,7-8H,5-6H2,1H3,(H,14,19). The summed E-state index contributed by atoms with van der Waals surface area (Å²) < 4.78 is 6.73. The van der Waals surface area contributed by atoms with Crippen LogP contribution in [-0.4, -0.2) is 39.4 Å². The Balaban J connectivity index is 1.57. The van der Waals surface area contributed by atoms with Crippen LogP contribution < -0.4 is 10.1 Å². The van der Waals surface area contributed by atoms with Crippen molar-refractivity contribution in [3.05, 3.63) is 41.2 Å². The third kappa shape index (κ3) is 3.00. The third-order valence-corrected chi connectivity index (χ3v) is 3.86. The van der Waals surface area contributed by atoms with Crippen molar-refractivity contribution >= 4 is 22.2 Å². The van der Waals surface area contributed by atoms with Crippen LogP contribution >= 0.6 is 11.3 Å². The highest BCUT2D eigenvalue weighted by atomic mass is 32.1. The molecule has 1 aromatic carbocycles. The van der Waals surface area contributed by atoms with Gasteiger partial charge >= 0.3 is 0 Å². The van der Waals surface area contributed by atoms with Gasteiger partial charge < -0.3 is 10.1 Å². The highest BCUT2D eigenvalue weighted by Gasteiger charge is 2.08. The molecule has 0 radical (unpaired) electrons. The van der Waals surface area contributed by atoms with Crippen LogP contribution in [0.2, 0.25) is 0 Å². The molecule has 3 aromatic rings. The molecule has 2 aromatic heterocycles. The number of hydrogen-bond acceptors (Lipinski definition) is 6. The second-order valence-electron chi connectivity index (χ2n) is 4.29. The molecule has 7 nitrogen and oxygen atoms in total. The van der Waals surface area contributed by atoms with E-state index in [0.29, 0.717) is 24.3 Å². The Kier molecular flexibility index (Phi) is 3.78. The zero-order chi connectivity index (χ0) is 14.7. The topological polar surface area (TPSA) is 81.4 Å². The van der Waals surface area contributed by atoms with Crippen molar-refractivity contribution < 1.29 is 9.53 Å². The summed E-state index contributed by atoms with van der Waals surface area (Å²) in [6.07, 6.45) is 2.22. The van der Waals surface area contributed by atoms with Crippen molar-refractivity contribution in [3.63, 3.8) is 0 Å². The number of hydrogen-bond donors (Lipinski definition) is 1. The van der Waals surface area contributed by atoms with Crippen molar-refractivity contribution in [2.75, 3.05) is 13.7 Å². The molecular weight excluding hydrogens is 290 g/mol. The van der Waals surface area contributed by atoms with Crippen LogP contribution in [0.25, 0.3) is 4.96 Å². The first-order valence-electron chi connectivity index (χ1n) is 6.34. The van der Waals surface area contributed by atoms with E-state index in [1.807, 2.05) is 0 Å². The van der Waals surface area contributed by atoms with Crippen molar-refractivity contribution in [1.29, 1.82) is 0 Å². The average Bonchev–Trinajstić information content (AvgIpc) is 3.08. The lowest BCUT2D eigenvalue weighted by Crippen LogP contribution is -2.25. The lowest BCUT2D eigenvalue weighted by atomic mass is 10.2. The number of amides is 1. The smallest absolute Gasteiger partial charge is 0.251 e. The van der Waals surface area contributed by atoms with Gasteiger partial charge in [0.05, 0.1) is 7.11 Å². The second-order valence-corrected chi connectivity index (χ2v) is 5.33. The number of nitrogens with zero attached hydrogens (tertiary/aromatic N) is 4. The summed E-state index contributed by atoms with van der Waals surface area (Å²) in [7, 11) is 1.57. The average molecular weight is 303 g/mol. The van der Waals surface area contributed by atoms with E-state index in [0.717, 1.165) is 9.97 Å². The van der Waals surface area contributed by atoms with Crippen molar-refractivity contribution in [2.45, 2.75) is 6.42 Å². The fourth-order valence-electron chi connectivity index (χ4n) is 1.85. The number of nitrogens with one attached hydrogen (secondary N) is 1. The molecule has 0 spiro atoms. The predicted octanol–water partition coefficient (Wildman–Crippen LogP) is 1.17. The number of benzene rings is 1. The Hall–Kier alpha value is -2.48. The van der Waals surface area contributed by atoms with E-state index >= 15 is 0 Å². The van der Waals surface area contributed by atoms with E-state index in [-0.39, 0.29) is 5.91 Å². The van der Waals surface area contributed by atoms with Gasteiger partial charge in [0.1, 0.15) is 17.1 Å². The van der Waals surface area contributed by atoms with E-state index in [1.165, 1.54) is 11.3 Å². The molecule has 0 aliphatic rings. The Morgan fingerprint density at radius 1 is 1.48 bits per heavy atom. The number of ether oxygens (including phenoxy) is 1. The lowest BCUT2D eigenvalue weighted by Gasteiger charge is -2.05. The minimum Gasteiger partial charge on any atom is -0.497 e. The van der Waals surface area contributed by atoms with Gasteiger partial charge in [0.25, 0.3) is 5.91 Å². The summed E-state index contributed by atoms with van der Waals surface area (Å²) in [4.78, 5) is 12.8. The Morgan fingerprint density at radius 2 is 2.38 bits per heavy atom. The molecular formula is C13H13N5O2S. The molecule has 0 fully saturated rings. The maximum Gasteiger partial charge on any atom is 0.251 e. The van der Waals surface area contributed by atoms with Crippen molar-refractivity contribution in [1.82, 2.24) is 25.1 Å². The highest BCUT2D eigenvalue weighted by Crippen LogP contribution is 2.13. The summed E-state index contributed by atoms with van der Waals surface area (Å²) in [6.45, 7) is 0.514. The van der Waals surface area contributed by atoms with Gasteiger partial charge in [-0.15, -0.1) is 10.2 Å². The molecule has 0 saturated carbocycles. The van der Waals surface area contributed by atoms with E-state index in [9.17, 15) is 4.79 Å². The number of carbonyl (C=O) groups excluding carboxylic acids is 1. The molecule has 0 unspecified atom stereocenters. The van der Waals surface area contributed by atoms with Crippen LogP contribution in [0.3, 0.4) is 0 Å². The molecule has 3 rings (SSSR count). The highest BCUT2D eigenvalue weighted by molar-refractivity contribution is 7.16. The number of methoxy groups -OCH3 is 1. The maximum absolute atomic E-state index is 12.0. The van der Waals surface area contributed by atoms with E-state index in [4.69, 9.17) is 4.74 Å².